The number of amides is 1. The summed E-state index contributed by atoms with van der Waals surface area (Å²) in [5.74, 6) is 0.990. The minimum absolute atomic E-state index is 0.0271. The first-order valence-corrected chi connectivity index (χ1v) is 4.33. The second-order valence-electron chi connectivity index (χ2n) is 3.41. The number of carbonyl (C=O) groups excluding carboxylic acids is 1. The van der Waals surface area contributed by atoms with Gasteiger partial charge in [-0.1, -0.05) is 6.92 Å². The Kier molecular flexibility index (Phi) is 1.79. The molecule has 13 heavy (non-hydrogen) atoms. The summed E-state index contributed by atoms with van der Waals surface area (Å²) in [5.41, 5.74) is 0. The van der Waals surface area contributed by atoms with Crippen LogP contribution >= 0.6 is 0 Å². The van der Waals surface area contributed by atoms with Gasteiger partial charge < -0.3 is 9.88 Å². The molecule has 0 radical (unpaired) electrons. The van der Waals surface area contributed by atoms with Crippen molar-refractivity contribution in [2.24, 2.45) is 5.92 Å². The van der Waals surface area contributed by atoms with Crippen LogP contribution < -0.4 is 5.32 Å². The number of rotatable bonds is 1. The number of carbonyl (C=O) groups is 1. The normalized spacial score (nSPS) is 25.7. The summed E-state index contributed by atoms with van der Waals surface area (Å²) < 4.78 is 1.94. The highest BCUT2D eigenvalue weighted by atomic mass is 16.1. The average molecular weight is 180 g/mol. The topological polar surface area (TPSA) is 59.8 Å². The molecular formula is C8H12N4O. The fraction of sp³-hybridized carbons (Fsp3) is 0.625. The van der Waals surface area contributed by atoms with E-state index < -0.39 is 0 Å². The Hall–Kier alpha value is -1.39. The van der Waals surface area contributed by atoms with E-state index in [9.17, 15) is 4.79 Å². The maximum Gasteiger partial charge on any atom is 0.230 e. The van der Waals surface area contributed by atoms with Crippen LogP contribution in [-0.4, -0.2) is 27.7 Å². The Morgan fingerprint density at radius 2 is 2.54 bits per heavy atom. The summed E-state index contributed by atoms with van der Waals surface area (Å²) in [6, 6.07) is 0. The van der Waals surface area contributed by atoms with Crippen molar-refractivity contribution in [3.05, 3.63) is 12.2 Å². The van der Waals surface area contributed by atoms with Gasteiger partial charge in [0.15, 0.2) is 0 Å². The number of nitrogens with one attached hydrogen (secondary N) is 1. The molecule has 1 aliphatic heterocycles. The van der Waals surface area contributed by atoms with Gasteiger partial charge in [-0.25, -0.2) is 0 Å². The van der Waals surface area contributed by atoms with E-state index in [0.717, 1.165) is 12.4 Å². The fourth-order valence-electron chi connectivity index (χ4n) is 1.85. The number of aromatic nitrogens is 3. The molecule has 0 aliphatic carbocycles. The Labute approximate surface area is 76.2 Å². The number of likely N-dealkylation sites (N-methyl/N-ethyl adjacent to an activating group) is 1. The third-order valence-electron chi connectivity index (χ3n) is 2.51. The lowest BCUT2D eigenvalue weighted by atomic mass is 9.96. The molecule has 0 aromatic carbocycles. The first kappa shape index (κ1) is 8.22. The zero-order valence-electron chi connectivity index (χ0n) is 7.69. The van der Waals surface area contributed by atoms with Gasteiger partial charge in [-0.15, -0.1) is 10.2 Å². The van der Waals surface area contributed by atoms with Crippen molar-refractivity contribution in [1.82, 2.24) is 20.1 Å². The van der Waals surface area contributed by atoms with E-state index in [-0.39, 0.29) is 11.8 Å². The molecule has 5 nitrogen and oxygen atoms in total. The van der Waals surface area contributed by atoms with Gasteiger partial charge in [0, 0.05) is 13.6 Å². The highest BCUT2D eigenvalue weighted by Crippen LogP contribution is 2.30. The first-order valence-electron chi connectivity index (χ1n) is 4.33. The van der Waals surface area contributed by atoms with Gasteiger partial charge in [0.25, 0.3) is 0 Å². The van der Waals surface area contributed by atoms with E-state index in [1.165, 1.54) is 0 Å². The molecule has 1 aromatic heterocycles. The molecular weight excluding hydrogens is 168 g/mol. The Bertz CT molecular complexity index is 333. The minimum atomic E-state index is -0.132. The summed E-state index contributed by atoms with van der Waals surface area (Å²) in [5, 5.41) is 10.4. The van der Waals surface area contributed by atoms with E-state index in [0.29, 0.717) is 5.92 Å². The molecule has 1 aliphatic rings. The number of nitrogens with zero attached hydrogens (tertiary/aromatic N) is 3. The molecule has 5 heteroatoms. The van der Waals surface area contributed by atoms with E-state index in [2.05, 4.69) is 22.4 Å². The van der Waals surface area contributed by atoms with Gasteiger partial charge in [-0.3, -0.25) is 4.79 Å². The zero-order chi connectivity index (χ0) is 9.42. The molecule has 1 aromatic rings. The van der Waals surface area contributed by atoms with Crippen LogP contribution in [0.2, 0.25) is 0 Å². The fourth-order valence-corrected chi connectivity index (χ4v) is 1.85. The molecule has 0 spiro atoms. The zero-order valence-corrected chi connectivity index (χ0v) is 7.69. The molecule has 0 bridgehead atoms. The van der Waals surface area contributed by atoms with Gasteiger partial charge >= 0.3 is 0 Å². The predicted octanol–water partition coefficient (Wildman–Crippen LogP) is -0.243. The third kappa shape index (κ3) is 1.11. The van der Waals surface area contributed by atoms with Crippen molar-refractivity contribution >= 4 is 5.91 Å². The molecule has 70 valence electrons. The van der Waals surface area contributed by atoms with E-state index in [4.69, 9.17) is 0 Å². The molecule has 2 rings (SSSR count). The average Bonchev–Trinajstić information content (AvgIpc) is 2.62. The highest BCUT2D eigenvalue weighted by Gasteiger charge is 2.36. The van der Waals surface area contributed by atoms with Crippen molar-refractivity contribution in [1.29, 1.82) is 0 Å². The quantitative estimate of drug-likeness (QED) is 0.648. The van der Waals surface area contributed by atoms with Crippen molar-refractivity contribution in [2.75, 3.05) is 7.05 Å². The van der Waals surface area contributed by atoms with Crippen LogP contribution in [0, 0.1) is 5.92 Å². The van der Waals surface area contributed by atoms with Crippen LogP contribution in [0.5, 0.6) is 0 Å². The monoisotopic (exact) mass is 180 g/mol. The summed E-state index contributed by atoms with van der Waals surface area (Å²) in [6.07, 6.45) is 1.68. The Morgan fingerprint density at radius 3 is 3.23 bits per heavy atom. The number of hydrogen-bond donors (Lipinski definition) is 1. The SMILES string of the molecule is CNC(=O)C1c2nncn2CC1C. The second kappa shape index (κ2) is 2.83. The van der Waals surface area contributed by atoms with Crippen LogP contribution in [0.4, 0.5) is 0 Å². The summed E-state index contributed by atoms with van der Waals surface area (Å²) in [7, 11) is 1.65. The summed E-state index contributed by atoms with van der Waals surface area (Å²) in [4.78, 5) is 11.5. The first-order chi connectivity index (χ1) is 6.24. The minimum Gasteiger partial charge on any atom is -0.359 e. The standard InChI is InChI=1S/C8H12N4O/c1-5-3-12-4-10-11-7(12)6(5)8(13)9-2/h4-6H,3H2,1-2H3,(H,9,13). The van der Waals surface area contributed by atoms with Crippen molar-refractivity contribution in [3.63, 3.8) is 0 Å². The summed E-state index contributed by atoms with van der Waals surface area (Å²) in [6.45, 7) is 2.88. The van der Waals surface area contributed by atoms with Gasteiger partial charge in [0.05, 0.1) is 0 Å². The lowest BCUT2D eigenvalue weighted by molar-refractivity contribution is -0.122. The van der Waals surface area contributed by atoms with Crippen LogP contribution in [0.15, 0.2) is 6.33 Å². The van der Waals surface area contributed by atoms with Crippen molar-refractivity contribution < 1.29 is 4.79 Å². The Balaban J connectivity index is 2.34. The molecule has 2 heterocycles. The van der Waals surface area contributed by atoms with Gasteiger partial charge in [0.2, 0.25) is 5.91 Å². The van der Waals surface area contributed by atoms with Crippen LogP contribution in [0.1, 0.15) is 18.7 Å². The Morgan fingerprint density at radius 1 is 1.77 bits per heavy atom. The molecule has 2 unspecified atom stereocenters. The molecule has 2 atom stereocenters. The molecule has 0 fully saturated rings. The lowest BCUT2D eigenvalue weighted by Crippen LogP contribution is -2.28. The van der Waals surface area contributed by atoms with E-state index in [1.54, 1.807) is 13.4 Å². The number of fused-ring (bicyclic) bond motifs is 1. The van der Waals surface area contributed by atoms with Crippen LogP contribution in [0.3, 0.4) is 0 Å². The van der Waals surface area contributed by atoms with E-state index in [1.807, 2.05) is 4.57 Å². The maximum atomic E-state index is 11.5. The maximum absolute atomic E-state index is 11.5. The molecule has 1 N–H and O–H groups in total. The molecule has 1 amide bonds. The lowest BCUT2D eigenvalue weighted by Gasteiger charge is -2.10. The van der Waals surface area contributed by atoms with Gasteiger partial charge in [-0.05, 0) is 5.92 Å². The van der Waals surface area contributed by atoms with Crippen molar-refractivity contribution in [3.8, 4) is 0 Å². The van der Waals surface area contributed by atoms with Crippen LogP contribution in [0.25, 0.3) is 0 Å². The van der Waals surface area contributed by atoms with E-state index >= 15 is 0 Å². The third-order valence-corrected chi connectivity index (χ3v) is 2.51. The molecule has 0 saturated heterocycles. The van der Waals surface area contributed by atoms with Gasteiger partial charge in [-0.2, -0.15) is 0 Å². The predicted molar refractivity (Wildman–Crippen MR) is 46.0 cm³/mol. The van der Waals surface area contributed by atoms with Gasteiger partial charge in [0.1, 0.15) is 18.1 Å². The summed E-state index contributed by atoms with van der Waals surface area (Å²) >= 11 is 0. The second-order valence-corrected chi connectivity index (χ2v) is 3.41. The largest absolute Gasteiger partial charge is 0.359 e. The van der Waals surface area contributed by atoms with Crippen LogP contribution in [-0.2, 0) is 11.3 Å². The highest BCUT2D eigenvalue weighted by molar-refractivity contribution is 5.83. The molecule has 0 saturated carbocycles. The van der Waals surface area contributed by atoms with Crippen molar-refractivity contribution in [2.45, 2.75) is 19.4 Å². The smallest absolute Gasteiger partial charge is 0.230 e. The number of hydrogen-bond acceptors (Lipinski definition) is 3.